The van der Waals surface area contributed by atoms with Crippen molar-refractivity contribution in [2.24, 2.45) is 5.73 Å². The number of benzene rings is 1. The largest absolute Gasteiger partial charge is 0.383 e. The van der Waals surface area contributed by atoms with Crippen LogP contribution in [0.5, 0.6) is 0 Å². The van der Waals surface area contributed by atoms with E-state index < -0.39 is 17.7 Å². The quantitative estimate of drug-likeness (QED) is 0.876. The maximum absolute atomic E-state index is 13.5. The SMILES string of the molecule is Nc1ncccc1C(N)Cc1ccc(F)cc1F. The number of halogens is 2. The van der Waals surface area contributed by atoms with Gasteiger partial charge in [-0.3, -0.25) is 0 Å². The Morgan fingerprint density at radius 1 is 1.22 bits per heavy atom. The van der Waals surface area contributed by atoms with Crippen LogP contribution < -0.4 is 11.5 Å². The Kier molecular flexibility index (Phi) is 3.53. The van der Waals surface area contributed by atoms with Crippen molar-refractivity contribution in [2.45, 2.75) is 12.5 Å². The fourth-order valence-electron chi connectivity index (χ4n) is 1.78. The molecule has 1 heterocycles. The van der Waals surface area contributed by atoms with Crippen LogP contribution in [-0.4, -0.2) is 4.98 Å². The molecule has 1 aromatic carbocycles. The molecule has 0 saturated heterocycles. The van der Waals surface area contributed by atoms with Crippen molar-refractivity contribution < 1.29 is 8.78 Å². The summed E-state index contributed by atoms with van der Waals surface area (Å²) in [6, 6.07) is 6.42. The average Bonchev–Trinajstić information content (AvgIpc) is 2.33. The van der Waals surface area contributed by atoms with E-state index in [1.807, 2.05) is 0 Å². The number of anilines is 1. The lowest BCUT2D eigenvalue weighted by Gasteiger charge is -2.14. The van der Waals surface area contributed by atoms with Gasteiger partial charge >= 0.3 is 0 Å². The first kappa shape index (κ1) is 12.4. The van der Waals surface area contributed by atoms with E-state index in [2.05, 4.69) is 4.98 Å². The molecule has 5 heteroatoms. The Morgan fingerprint density at radius 3 is 2.67 bits per heavy atom. The van der Waals surface area contributed by atoms with Gasteiger partial charge in [-0.15, -0.1) is 0 Å². The van der Waals surface area contributed by atoms with Crippen molar-refractivity contribution in [2.75, 3.05) is 5.73 Å². The normalized spacial score (nSPS) is 12.4. The highest BCUT2D eigenvalue weighted by atomic mass is 19.1. The van der Waals surface area contributed by atoms with Gasteiger partial charge in [0.25, 0.3) is 0 Å². The first-order chi connectivity index (χ1) is 8.58. The van der Waals surface area contributed by atoms with Crippen molar-refractivity contribution in [1.29, 1.82) is 0 Å². The van der Waals surface area contributed by atoms with Crippen molar-refractivity contribution in [3.05, 3.63) is 59.3 Å². The summed E-state index contributed by atoms with van der Waals surface area (Å²) in [5, 5.41) is 0. The van der Waals surface area contributed by atoms with E-state index >= 15 is 0 Å². The zero-order valence-electron chi connectivity index (χ0n) is 9.61. The summed E-state index contributed by atoms with van der Waals surface area (Å²) < 4.78 is 26.3. The summed E-state index contributed by atoms with van der Waals surface area (Å²) in [6.07, 6.45) is 1.80. The number of rotatable bonds is 3. The summed E-state index contributed by atoms with van der Waals surface area (Å²) in [4.78, 5) is 3.92. The van der Waals surface area contributed by atoms with Crippen molar-refractivity contribution in [1.82, 2.24) is 4.98 Å². The van der Waals surface area contributed by atoms with Gasteiger partial charge in [-0.1, -0.05) is 12.1 Å². The molecule has 4 N–H and O–H groups in total. The van der Waals surface area contributed by atoms with E-state index in [0.29, 0.717) is 16.9 Å². The summed E-state index contributed by atoms with van der Waals surface area (Å²) in [5.74, 6) is -0.883. The smallest absolute Gasteiger partial charge is 0.129 e. The number of hydrogen-bond donors (Lipinski definition) is 2. The zero-order chi connectivity index (χ0) is 13.1. The number of nitrogens with zero attached hydrogens (tertiary/aromatic N) is 1. The Labute approximate surface area is 103 Å². The summed E-state index contributed by atoms with van der Waals surface area (Å²) in [5.41, 5.74) is 12.7. The topological polar surface area (TPSA) is 64.9 Å². The second kappa shape index (κ2) is 5.10. The lowest BCUT2D eigenvalue weighted by atomic mass is 10.00. The lowest BCUT2D eigenvalue weighted by molar-refractivity contribution is 0.563. The van der Waals surface area contributed by atoms with Crippen LogP contribution >= 0.6 is 0 Å². The van der Waals surface area contributed by atoms with Crippen LogP contribution in [0.15, 0.2) is 36.5 Å². The minimum Gasteiger partial charge on any atom is -0.383 e. The van der Waals surface area contributed by atoms with E-state index in [1.54, 1.807) is 18.3 Å². The highest BCUT2D eigenvalue weighted by Crippen LogP contribution is 2.21. The van der Waals surface area contributed by atoms with Gasteiger partial charge in [0.05, 0.1) is 0 Å². The molecular weight excluding hydrogens is 236 g/mol. The Balaban J connectivity index is 2.21. The molecule has 0 aliphatic carbocycles. The molecule has 3 nitrogen and oxygen atoms in total. The van der Waals surface area contributed by atoms with Crippen molar-refractivity contribution >= 4 is 5.82 Å². The van der Waals surface area contributed by atoms with Gasteiger partial charge in [0.1, 0.15) is 17.5 Å². The summed E-state index contributed by atoms with van der Waals surface area (Å²) >= 11 is 0. The summed E-state index contributed by atoms with van der Waals surface area (Å²) in [6.45, 7) is 0. The third-order valence-corrected chi connectivity index (χ3v) is 2.73. The maximum atomic E-state index is 13.5. The first-order valence-electron chi connectivity index (χ1n) is 5.48. The molecule has 2 rings (SSSR count). The Bertz CT molecular complexity index is 558. The van der Waals surface area contributed by atoms with Crippen LogP contribution in [-0.2, 0) is 6.42 Å². The van der Waals surface area contributed by atoms with Crippen LogP contribution in [0.4, 0.5) is 14.6 Å². The predicted molar refractivity (Wildman–Crippen MR) is 65.6 cm³/mol. The van der Waals surface area contributed by atoms with Crippen LogP contribution in [0.25, 0.3) is 0 Å². The van der Waals surface area contributed by atoms with Gasteiger partial charge < -0.3 is 11.5 Å². The fraction of sp³-hybridized carbons (Fsp3) is 0.154. The van der Waals surface area contributed by atoms with E-state index in [4.69, 9.17) is 11.5 Å². The molecule has 94 valence electrons. The molecule has 0 aliphatic rings. The molecule has 0 aliphatic heterocycles. The predicted octanol–water partition coefficient (Wildman–Crippen LogP) is 2.18. The third-order valence-electron chi connectivity index (χ3n) is 2.73. The molecular formula is C13H13F2N3. The second-order valence-electron chi connectivity index (χ2n) is 4.02. The van der Waals surface area contributed by atoms with E-state index in [9.17, 15) is 8.78 Å². The molecule has 18 heavy (non-hydrogen) atoms. The van der Waals surface area contributed by atoms with Gasteiger partial charge in [-0.2, -0.15) is 0 Å². The van der Waals surface area contributed by atoms with Gasteiger partial charge in [-0.25, -0.2) is 13.8 Å². The molecule has 2 aromatic rings. The number of aromatic nitrogens is 1. The number of hydrogen-bond acceptors (Lipinski definition) is 3. The standard InChI is InChI=1S/C13H13F2N3/c14-9-4-3-8(11(15)7-9)6-12(16)10-2-1-5-18-13(10)17/h1-5,7,12H,6,16H2,(H2,17,18). The molecule has 1 atom stereocenters. The second-order valence-corrected chi connectivity index (χ2v) is 4.02. The minimum atomic E-state index is -0.606. The van der Waals surface area contributed by atoms with Crippen LogP contribution in [0.1, 0.15) is 17.2 Å². The number of pyridine rings is 1. The number of nitrogens with two attached hydrogens (primary N) is 2. The molecule has 0 spiro atoms. The molecule has 0 bridgehead atoms. The molecule has 1 aromatic heterocycles. The van der Waals surface area contributed by atoms with Gasteiger partial charge in [0.2, 0.25) is 0 Å². The Hall–Kier alpha value is -2.01. The van der Waals surface area contributed by atoms with E-state index in [0.717, 1.165) is 6.07 Å². The minimum absolute atomic E-state index is 0.238. The van der Waals surface area contributed by atoms with Gasteiger partial charge in [-0.05, 0) is 24.1 Å². The molecule has 0 saturated carbocycles. The summed E-state index contributed by atoms with van der Waals surface area (Å²) in [7, 11) is 0. The van der Waals surface area contributed by atoms with Gasteiger partial charge in [0, 0.05) is 23.9 Å². The average molecular weight is 249 g/mol. The highest BCUT2D eigenvalue weighted by molar-refractivity contribution is 5.41. The fourth-order valence-corrected chi connectivity index (χ4v) is 1.78. The molecule has 0 fully saturated rings. The maximum Gasteiger partial charge on any atom is 0.129 e. The lowest BCUT2D eigenvalue weighted by Crippen LogP contribution is -2.16. The molecule has 0 amide bonds. The van der Waals surface area contributed by atoms with Crippen molar-refractivity contribution in [3.8, 4) is 0 Å². The number of nitrogen functional groups attached to an aromatic ring is 1. The van der Waals surface area contributed by atoms with Gasteiger partial charge in [0.15, 0.2) is 0 Å². The molecule has 1 unspecified atom stereocenters. The van der Waals surface area contributed by atoms with Crippen molar-refractivity contribution in [3.63, 3.8) is 0 Å². The van der Waals surface area contributed by atoms with Crippen LogP contribution in [0, 0.1) is 11.6 Å². The Morgan fingerprint density at radius 2 is 2.00 bits per heavy atom. The van der Waals surface area contributed by atoms with Crippen LogP contribution in [0.3, 0.4) is 0 Å². The first-order valence-corrected chi connectivity index (χ1v) is 5.48. The zero-order valence-corrected chi connectivity index (χ0v) is 9.61. The van der Waals surface area contributed by atoms with E-state index in [-0.39, 0.29) is 6.42 Å². The van der Waals surface area contributed by atoms with E-state index in [1.165, 1.54) is 12.1 Å². The molecule has 0 radical (unpaired) electrons. The third kappa shape index (κ3) is 2.62. The monoisotopic (exact) mass is 249 g/mol. The highest BCUT2D eigenvalue weighted by Gasteiger charge is 2.13. The van der Waals surface area contributed by atoms with Crippen LogP contribution in [0.2, 0.25) is 0 Å².